The number of amides is 2. The van der Waals surface area contributed by atoms with Gasteiger partial charge in [-0.05, 0) is 52.9 Å². The quantitative estimate of drug-likeness (QED) is 0.517. The number of anilines is 2. The molecule has 2 fully saturated rings. The van der Waals surface area contributed by atoms with Gasteiger partial charge in [0.05, 0.1) is 38.3 Å². The average Bonchev–Trinajstić information content (AvgIpc) is 2.98. The number of quaternary nitrogens is 1. The predicted octanol–water partition coefficient (Wildman–Crippen LogP) is 0.118. The molecule has 3 heterocycles. The van der Waals surface area contributed by atoms with E-state index in [4.69, 9.17) is 0 Å². The summed E-state index contributed by atoms with van der Waals surface area (Å²) in [6.45, 7) is 3.15. The molecule has 2 amide bonds. The smallest absolute Gasteiger partial charge is 0.292 e. The van der Waals surface area contributed by atoms with Gasteiger partial charge in [0.25, 0.3) is 5.91 Å². The SMILES string of the molecule is O=C1C[C@@H]([NH+]2CCN(c3ncccn3)CC2)C(=O)N1c1ccc(I)cc1. The van der Waals surface area contributed by atoms with Crippen LogP contribution in [0.2, 0.25) is 0 Å². The summed E-state index contributed by atoms with van der Waals surface area (Å²) < 4.78 is 1.08. The van der Waals surface area contributed by atoms with Crippen molar-refractivity contribution in [2.45, 2.75) is 12.5 Å². The van der Waals surface area contributed by atoms with Crippen molar-refractivity contribution in [3.05, 3.63) is 46.3 Å². The van der Waals surface area contributed by atoms with Gasteiger partial charge >= 0.3 is 0 Å². The van der Waals surface area contributed by atoms with Gasteiger partial charge in [0.2, 0.25) is 11.9 Å². The van der Waals surface area contributed by atoms with Gasteiger partial charge in [-0.1, -0.05) is 0 Å². The molecule has 4 rings (SSSR count). The van der Waals surface area contributed by atoms with Crippen LogP contribution < -0.4 is 14.7 Å². The van der Waals surface area contributed by atoms with E-state index in [1.54, 1.807) is 18.5 Å². The maximum Gasteiger partial charge on any atom is 0.292 e. The number of imide groups is 1. The van der Waals surface area contributed by atoms with Crippen molar-refractivity contribution >= 4 is 46.0 Å². The first kappa shape index (κ1) is 17.3. The number of nitrogens with zero attached hydrogens (tertiary/aromatic N) is 4. The second-order valence-electron chi connectivity index (χ2n) is 6.49. The second kappa shape index (κ2) is 7.28. The van der Waals surface area contributed by atoms with E-state index in [0.29, 0.717) is 5.69 Å². The Balaban J connectivity index is 1.44. The second-order valence-corrected chi connectivity index (χ2v) is 7.74. The summed E-state index contributed by atoms with van der Waals surface area (Å²) in [6, 6.07) is 9.00. The zero-order valence-corrected chi connectivity index (χ0v) is 16.3. The van der Waals surface area contributed by atoms with Crippen LogP contribution in [0.15, 0.2) is 42.7 Å². The molecule has 134 valence electrons. The Morgan fingerprint density at radius 1 is 1.04 bits per heavy atom. The van der Waals surface area contributed by atoms with Gasteiger partial charge < -0.3 is 9.80 Å². The number of hydrogen-bond acceptors (Lipinski definition) is 5. The van der Waals surface area contributed by atoms with Crippen LogP contribution >= 0.6 is 22.6 Å². The highest BCUT2D eigenvalue weighted by atomic mass is 127. The molecule has 1 N–H and O–H groups in total. The zero-order chi connectivity index (χ0) is 18.1. The fraction of sp³-hybridized carbons (Fsp3) is 0.333. The average molecular weight is 464 g/mol. The minimum Gasteiger partial charge on any atom is -0.330 e. The lowest BCUT2D eigenvalue weighted by atomic mass is 10.2. The lowest BCUT2D eigenvalue weighted by Gasteiger charge is -2.34. The Morgan fingerprint density at radius 3 is 2.35 bits per heavy atom. The molecule has 2 aromatic rings. The highest BCUT2D eigenvalue weighted by Gasteiger charge is 2.46. The van der Waals surface area contributed by atoms with E-state index < -0.39 is 0 Å². The van der Waals surface area contributed by atoms with Crippen LogP contribution in [0.1, 0.15) is 6.42 Å². The molecule has 2 aliphatic rings. The topological polar surface area (TPSA) is 70.8 Å². The van der Waals surface area contributed by atoms with Gasteiger partial charge in [0, 0.05) is 16.0 Å². The molecular formula is C18H19IN5O2+. The minimum atomic E-state index is -0.291. The van der Waals surface area contributed by atoms with Crippen molar-refractivity contribution < 1.29 is 14.5 Å². The highest BCUT2D eigenvalue weighted by Crippen LogP contribution is 2.23. The summed E-state index contributed by atoms with van der Waals surface area (Å²) in [5.74, 6) is 0.527. The number of hydrogen-bond donors (Lipinski definition) is 1. The lowest BCUT2D eigenvalue weighted by molar-refractivity contribution is -0.915. The predicted molar refractivity (Wildman–Crippen MR) is 105 cm³/mol. The van der Waals surface area contributed by atoms with E-state index in [-0.39, 0.29) is 24.3 Å². The van der Waals surface area contributed by atoms with Gasteiger partial charge in [-0.2, -0.15) is 0 Å². The molecule has 1 aromatic heterocycles. The van der Waals surface area contributed by atoms with Crippen molar-refractivity contribution in [1.29, 1.82) is 0 Å². The van der Waals surface area contributed by atoms with Crippen LogP contribution in [-0.2, 0) is 9.59 Å². The Hall–Kier alpha value is -2.07. The number of carbonyl (C=O) groups is 2. The van der Waals surface area contributed by atoms with E-state index in [0.717, 1.165) is 35.7 Å². The van der Waals surface area contributed by atoms with Gasteiger partial charge in [0.1, 0.15) is 0 Å². The van der Waals surface area contributed by atoms with Crippen molar-refractivity contribution in [1.82, 2.24) is 9.97 Å². The number of carbonyl (C=O) groups excluding carboxylic acids is 2. The zero-order valence-electron chi connectivity index (χ0n) is 14.1. The Labute approximate surface area is 165 Å². The fourth-order valence-electron chi connectivity index (χ4n) is 3.61. The number of benzene rings is 1. The third-order valence-electron chi connectivity index (χ3n) is 4.96. The summed E-state index contributed by atoms with van der Waals surface area (Å²) in [5, 5.41) is 0. The van der Waals surface area contributed by atoms with E-state index in [9.17, 15) is 9.59 Å². The molecule has 0 radical (unpaired) electrons. The standard InChI is InChI=1S/C18H18IN5O2/c19-13-2-4-14(5-3-13)24-16(25)12-15(17(24)26)22-8-10-23(11-9-22)18-20-6-1-7-21-18/h1-7,15H,8-12H2/p+1/t15-/m1/s1. The molecule has 0 aliphatic carbocycles. The lowest BCUT2D eigenvalue weighted by Crippen LogP contribution is -3.19. The molecule has 1 atom stereocenters. The van der Waals surface area contributed by atoms with E-state index >= 15 is 0 Å². The maximum atomic E-state index is 12.9. The third-order valence-corrected chi connectivity index (χ3v) is 5.68. The largest absolute Gasteiger partial charge is 0.330 e. The molecule has 0 bridgehead atoms. The molecule has 0 saturated carbocycles. The highest BCUT2D eigenvalue weighted by molar-refractivity contribution is 14.1. The van der Waals surface area contributed by atoms with Crippen LogP contribution in [-0.4, -0.2) is 54.0 Å². The monoisotopic (exact) mass is 464 g/mol. The number of rotatable bonds is 3. The summed E-state index contributed by atoms with van der Waals surface area (Å²) >= 11 is 2.21. The molecule has 0 spiro atoms. The first-order valence-electron chi connectivity index (χ1n) is 8.62. The molecule has 8 heteroatoms. The van der Waals surface area contributed by atoms with E-state index in [1.165, 1.54) is 9.80 Å². The third kappa shape index (κ3) is 3.30. The van der Waals surface area contributed by atoms with Gasteiger partial charge in [0.15, 0.2) is 6.04 Å². The van der Waals surface area contributed by atoms with E-state index in [2.05, 4.69) is 37.5 Å². The van der Waals surface area contributed by atoms with Crippen LogP contribution in [0.25, 0.3) is 0 Å². The molecule has 2 aliphatic heterocycles. The van der Waals surface area contributed by atoms with Crippen LogP contribution in [0.3, 0.4) is 0 Å². The molecule has 0 unspecified atom stereocenters. The van der Waals surface area contributed by atoms with Crippen LogP contribution in [0, 0.1) is 3.57 Å². The Kier molecular flexibility index (Phi) is 4.86. The maximum absolute atomic E-state index is 12.9. The van der Waals surface area contributed by atoms with Crippen molar-refractivity contribution in [2.75, 3.05) is 36.0 Å². The number of aromatic nitrogens is 2. The van der Waals surface area contributed by atoms with E-state index in [1.807, 2.05) is 24.3 Å². The molecule has 26 heavy (non-hydrogen) atoms. The van der Waals surface area contributed by atoms with Crippen LogP contribution in [0.5, 0.6) is 0 Å². The first-order chi connectivity index (χ1) is 12.6. The van der Waals surface area contributed by atoms with Gasteiger partial charge in [-0.15, -0.1) is 0 Å². The summed E-state index contributed by atoms with van der Waals surface area (Å²) in [5.41, 5.74) is 0.665. The molecule has 2 saturated heterocycles. The Bertz CT molecular complexity index is 806. The summed E-state index contributed by atoms with van der Waals surface area (Å²) in [6.07, 6.45) is 3.75. The first-order valence-corrected chi connectivity index (χ1v) is 9.70. The minimum absolute atomic E-state index is 0.0874. The molecule has 7 nitrogen and oxygen atoms in total. The van der Waals surface area contributed by atoms with Crippen molar-refractivity contribution in [3.8, 4) is 0 Å². The van der Waals surface area contributed by atoms with Crippen molar-refractivity contribution in [2.24, 2.45) is 0 Å². The van der Waals surface area contributed by atoms with Gasteiger partial charge in [-0.3, -0.25) is 9.59 Å². The van der Waals surface area contributed by atoms with Crippen LogP contribution in [0.4, 0.5) is 11.6 Å². The summed E-state index contributed by atoms with van der Waals surface area (Å²) in [7, 11) is 0. The fourth-order valence-corrected chi connectivity index (χ4v) is 3.97. The molecule has 1 aromatic carbocycles. The normalized spacial score (nSPS) is 21.5. The Morgan fingerprint density at radius 2 is 1.69 bits per heavy atom. The summed E-state index contributed by atoms with van der Waals surface area (Å²) in [4.78, 5) is 38.6. The molecular weight excluding hydrogens is 445 g/mol. The van der Waals surface area contributed by atoms with Gasteiger partial charge in [-0.25, -0.2) is 14.9 Å². The number of nitrogens with one attached hydrogen (secondary N) is 1. The number of halogens is 1. The van der Waals surface area contributed by atoms with Crippen molar-refractivity contribution in [3.63, 3.8) is 0 Å². The number of piperazine rings is 1.